The first-order valence-electron chi connectivity index (χ1n) is 5.98. The van der Waals surface area contributed by atoms with Crippen molar-refractivity contribution in [1.29, 1.82) is 0 Å². The third-order valence-electron chi connectivity index (χ3n) is 2.81. The zero-order valence-electron chi connectivity index (χ0n) is 11.2. The molecule has 0 heterocycles. The molecule has 19 heavy (non-hydrogen) atoms. The zero-order valence-corrected chi connectivity index (χ0v) is 11.2. The van der Waals surface area contributed by atoms with Gasteiger partial charge in [-0.1, -0.05) is 31.1 Å². The van der Waals surface area contributed by atoms with E-state index >= 15 is 0 Å². The number of aliphatic hydroxyl groups excluding tert-OH is 1. The summed E-state index contributed by atoms with van der Waals surface area (Å²) >= 11 is 0. The molecule has 5 N–H and O–H groups in total. The number of oxime groups is 1. The number of nitrogens with zero attached hydrogens (tertiary/aromatic N) is 1. The maximum atomic E-state index is 14.1. The third-order valence-corrected chi connectivity index (χ3v) is 2.81. The highest BCUT2D eigenvalue weighted by Crippen LogP contribution is 2.15. The minimum Gasteiger partial charge on any atom is -0.409 e. The first-order chi connectivity index (χ1) is 8.91. The highest BCUT2D eigenvalue weighted by molar-refractivity contribution is 5.97. The van der Waals surface area contributed by atoms with Crippen LogP contribution in [0.4, 0.5) is 4.39 Å². The first-order valence-corrected chi connectivity index (χ1v) is 5.98. The summed E-state index contributed by atoms with van der Waals surface area (Å²) in [4.78, 5) is 0. The van der Waals surface area contributed by atoms with Gasteiger partial charge >= 0.3 is 0 Å². The maximum Gasteiger partial charge on any atom is 0.173 e. The molecule has 1 aromatic carbocycles. The van der Waals surface area contributed by atoms with E-state index in [9.17, 15) is 4.39 Å². The van der Waals surface area contributed by atoms with Gasteiger partial charge in [0.25, 0.3) is 0 Å². The molecule has 0 amide bonds. The van der Waals surface area contributed by atoms with Gasteiger partial charge in [-0.25, -0.2) is 4.39 Å². The van der Waals surface area contributed by atoms with Crippen molar-refractivity contribution in [3.8, 4) is 0 Å². The summed E-state index contributed by atoms with van der Waals surface area (Å²) in [5, 5.41) is 23.6. The molecule has 0 unspecified atom stereocenters. The van der Waals surface area contributed by atoms with Crippen LogP contribution in [-0.4, -0.2) is 29.3 Å². The number of nitrogens with one attached hydrogen (secondary N) is 1. The minimum atomic E-state index is -0.507. The summed E-state index contributed by atoms with van der Waals surface area (Å²) in [6.45, 7) is 4.72. The van der Waals surface area contributed by atoms with Crippen LogP contribution >= 0.6 is 0 Å². The summed E-state index contributed by atoms with van der Waals surface area (Å²) in [7, 11) is 0. The Bertz CT molecular complexity index is 461. The molecule has 0 aliphatic rings. The highest BCUT2D eigenvalue weighted by atomic mass is 19.1. The summed E-state index contributed by atoms with van der Waals surface area (Å²) < 4.78 is 14.1. The first kappa shape index (κ1) is 15.4. The summed E-state index contributed by atoms with van der Waals surface area (Å²) in [5.41, 5.74) is 5.63. The van der Waals surface area contributed by atoms with E-state index in [0.717, 1.165) is 0 Å². The molecular formula is C13H20FN3O2. The van der Waals surface area contributed by atoms with E-state index in [0.29, 0.717) is 18.7 Å². The van der Waals surface area contributed by atoms with Gasteiger partial charge < -0.3 is 21.4 Å². The Morgan fingerprint density at radius 3 is 2.74 bits per heavy atom. The van der Waals surface area contributed by atoms with Crippen LogP contribution in [0.5, 0.6) is 0 Å². The molecule has 0 atom stereocenters. The molecule has 0 saturated heterocycles. The van der Waals surface area contributed by atoms with E-state index in [-0.39, 0.29) is 23.4 Å². The molecule has 0 radical (unpaired) electrons. The fourth-order valence-corrected chi connectivity index (χ4v) is 1.56. The number of hydrogen-bond acceptors (Lipinski definition) is 4. The Morgan fingerprint density at radius 1 is 1.47 bits per heavy atom. The Labute approximate surface area is 111 Å². The molecule has 6 heteroatoms. The third kappa shape index (κ3) is 4.18. The van der Waals surface area contributed by atoms with Crippen molar-refractivity contribution in [2.24, 2.45) is 16.3 Å². The fraction of sp³-hybridized carbons (Fsp3) is 0.462. The largest absolute Gasteiger partial charge is 0.409 e. The van der Waals surface area contributed by atoms with Crippen molar-refractivity contribution >= 4 is 5.84 Å². The molecule has 0 spiro atoms. The standard InChI is InChI=1S/C13H20FN3O2/c1-13(2,8-18)7-16-6-9-4-3-5-10(11(9)14)12(15)17-19/h3-5,16,18-19H,6-8H2,1-2H3,(H2,15,17). The summed E-state index contributed by atoms with van der Waals surface area (Å²) in [5.74, 6) is -0.762. The lowest BCUT2D eigenvalue weighted by Gasteiger charge is -2.22. The zero-order chi connectivity index (χ0) is 14.5. The molecule has 0 aliphatic heterocycles. The molecule has 0 fully saturated rings. The highest BCUT2D eigenvalue weighted by Gasteiger charge is 2.16. The van der Waals surface area contributed by atoms with Crippen molar-refractivity contribution in [2.45, 2.75) is 20.4 Å². The van der Waals surface area contributed by atoms with Crippen molar-refractivity contribution in [3.05, 3.63) is 35.1 Å². The van der Waals surface area contributed by atoms with Gasteiger partial charge in [-0.3, -0.25) is 0 Å². The minimum absolute atomic E-state index is 0.0483. The molecule has 106 valence electrons. The lowest BCUT2D eigenvalue weighted by molar-refractivity contribution is 0.156. The quantitative estimate of drug-likeness (QED) is 0.269. The average Bonchev–Trinajstić information content (AvgIpc) is 2.40. The predicted molar refractivity (Wildman–Crippen MR) is 71.5 cm³/mol. The molecule has 1 aromatic rings. The van der Waals surface area contributed by atoms with Crippen molar-refractivity contribution in [1.82, 2.24) is 5.32 Å². The Hall–Kier alpha value is -1.66. The van der Waals surface area contributed by atoms with Crippen LogP contribution in [0.3, 0.4) is 0 Å². The van der Waals surface area contributed by atoms with Gasteiger partial charge in [0.1, 0.15) is 5.82 Å². The van der Waals surface area contributed by atoms with E-state index < -0.39 is 5.82 Å². The number of nitrogens with two attached hydrogens (primary N) is 1. The molecule has 0 aromatic heterocycles. The molecule has 0 bridgehead atoms. The number of rotatable bonds is 6. The summed E-state index contributed by atoms with van der Waals surface area (Å²) in [6, 6.07) is 4.72. The monoisotopic (exact) mass is 269 g/mol. The number of amidine groups is 1. The van der Waals surface area contributed by atoms with E-state index in [1.807, 2.05) is 13.8 Å². The van der Waals surface area contributed by atoms with Crippen molar-refractivity contribution in [2.75, 3.05) is 13.2 Å². The summed E-state index contributed by atoms with van der Waals surface area (Å²) in [6.07, 6.45) is 0. The number of aliphatic hydroxyl groups is 1. The Balaban J connectivity index is 2.75. The SMILES string of the molecule is CC(C)(CO)CNCc1cccc(/C(N)=N/O)c1F. The van der Waals surface area contributed by atoms with Crippen LogP contribution in [-0.2, 0) is 6.54 Å². The molecule has 5 nitrogen and oxygen atoms in total. The maximum absolute atomic E-state index is 14.1. The molecule has 0 aliphatic carbocycles. The molecule has 0 saturated carbocycles. The van der Waals surface area contributed by atoms with Gasteiger partial charge in [-0.2, -0.15) is 0 Å². The number of halogens is 1. The molecular weight excluding hydrogens is 249 g/mol. The van der Waals surface area contributed by atoms with Gasteiger partial charge in [0.05, 0.1) is 5.56 Å². The van der Waals surface area contributed by atoms with Crippen molar-refractivity contribution in [3.63, 3.8) is 0 Å². The number of hydrogen-bond donors (Lipinski definition) is 4. The van der Waals surface area contributed by atoms with E-state index in [2.05, 4.69) is 10.5 Å². The number of benzene rings is 1. The Morgan fingerprint density at radius 2 is 2.16 bits per heavy atom. The van der Waals surface area contributed by atoms with Gasteiger partial charge in [-0.05, 0) is 6.07 Å². The van der Waals surface area contributed by atoms with Crippen LogP contribution < -0.4 is 11.1 Å². The van der Waals surface area contributed by atoms with Crippen molar-refractivity contribution < 1.29 is 14.7 Å². The second-order valence-corrected chi connectivity index (χ2v) is 5.19. The smallest absolute Gasteiger partial charge is 0.173 e. The van der Waals surface area contributed by atoms with Crippen LogP contribution in [0.25, 0.3) is 0 Å². The topological polar surface area (TPSA) is 90.9 Å². The van der Waals surface area contributed by atoms with Gasteiger partial charge in [0, 0.05) is 30.7 Å². The lowest BCUT2D eigenvalue weighted by atomic mass is 9.95. The van der Waals surface area contributed by atoms with Crippen LogP contribution in [0, 0.1) is 11.2 Å². The van der Waals surface area contributed by atoms with Gasteiger partial charge in [-0.15, -0.1) is 0 Å². The molecule has 1 rings (SSSR count). The van der Waals surface area contributed by atoms with Crippen LogP contribution in [0.15, 0.2) is 23.4 Å². The second kappa shape index (κ2) is 6.49. The van der Waals surface area contributed by atoms with E-state index in [1.165, 1.54) is 6.07 Å². The van der Waals surface area contributed by atoms with E-state index in [1.54, 1.807) is 12.1 Å². The lowest BCUT2D eigenvalue weighted by Crippen LogP contribution is -2.32. The predicted octanol–water partition coefficient (Wildman–Crippen LogP) is 1.03. The fourth-order valence-electron chi connectivity index (χ4n) is 1.56. The van der Waals surface area contributed by atoms with Gasteiger partial charge in [0.15, 0.2) is 5.84 Å². The van der Waals surface area contributed by atoms with E-state index in [4.69, 9.17) is 16.0 Å². The Kier molecular flexibility index (Phi) is 5.26. The average molecular weight is 269 g/mol. The normalized spacial score (nSPS) is 12.7. The van der Waals surface area contributed by atoms with Crippen LogP contribution in [0.1, 0.15) is 25.0 Å². The second-order valence-electron chi connectivity index (χ2n) is 5.19. The van der Waals surface area contributed by atoms with Crippen LogP contribution in [0.2, 0.25) is 0 Å². The van der Waals surface area contributed by atoms with Gasteiger partial charge in [0.2, 0.25) is 0 Å².